The lowest BCUT2D eigenvalue weighted by Crippen LogP contribution is -2.46. The van der Waals surface area contributed by atoms with Crippen molar-refractivity contribution in [2.24, 2.45) is 0 Å². The second kappa shape index (κ2) is 11.5. The molecule has 1 aliphatic heterocycles. The van der Waals surface area contributed by atoms with Crippen LogP contribution in [0.5, 0.6) is 0 Å². The molecule has 3 heterocycles. The molecule has 2 amide bonds. The number of anilines is 3. The van der Waals surface area contributed by atoms with E-state index in [0.29, 0.717) is 0 Å². The minimum Gasteiger partial charge on any atom is -0.353 e. The van der Waals surface area contributed by atoms with Crippen LogP contribution in [0.4, 0.5) is 22.0 Å². The van der Waals surface area contributed by atoms with Gasteiger partial charge in [0.05, 0.1) is 17.2 Å². The van der Waals surface area contributed by atoms with E-state index in [1.165, 1.54) is 5.56 Å². The van der Waals surface area contributed by atoms with Gasteiger partial charge in [0.1, 0.15) is 5.82 Å². The predicted molar refractivity (Wildman–Crippen MR) is 161 cm³/mol. The monoisotopic (exact) mass is 529 g/mol. The maximum atomic E-state index is 12.7. The van der Waals surface area contributed by atoms with Crippen LogP contribution in [0.2, 0.25) is 0 Å². The number of fused-ring (bicyclic) bond motifs is 1. The minimum atomic E-state index is -0.189. The summed E-state index contributed by atoms with van der Waals surface area (Å²) < 4.78 is 0. The van der Waals surface area contributed by atoms with Crippen molar-refractivity contribution in [1.82, 2.24) is 19.9 Å². The third-order valence-corrected chi connectivity index (χ3v) is 7.27. The highest BCUT2D eigenvalue weighted by atomic mass is 16.2. The first-order valence-electron chi connectivity index (χ1n) is 13.5. The van der Waals surface area contributed by atoms with Crippen LogP contribution >= 0.6 is 0 Å². The number of amides is 2. The van der Waals surface area contributed by atoms with Crippen LogP contribution in [0.15, 0.2) is 104 Å². The third-order valence-electron chi connectivity index (χ3n) is 7.27. The van der Waals surface area contributed by atoms with Crippen LogP contribution < -0.4 is 15.1 Å². The molecule has 0 radical (unpaired) electrons. The number of pyridine rings is 1. The summed E-state index contributed by atoms with van der Waals surface area (Å²) in [5.74, 6) is 0.909. The van der Waals surface area contributed by atoms with Crippen molar-refractivity contribution in [2.45, 2.75) is 6.54 Å². The summed E-state index contributed by atoms with van der Waals surface area (Å²) >= 11 is 0. The largest absolute Gasteiger partial charge is 0.353 e. The van der Waals surface area contributed by atoms with Crippen molar-refractivity contribution in [3.63, 3.8) is 0 Å². The number of carbonyl (C=O) groups excluding carboxylic acids is 1. The number of hydrogen-bond acceptors (Lipinski definition) is 6. The number of benzene rings is 3. The van der Waals surface area contributed by atoms with Gasteiger partial charge in [-0.15, -0.1) is 0 Å². The lowest BCUT2D eigenvalue weighted by molar-refractivity contribution is 0.249. The van der Waals surface area contributed by atoms with E-state index in [1.807, 2.05) is 85.3 Å². The number of piperazine rings is 1. The molecular formula is C32H31N7O. The van der Waals surface area contributed by atoms with Crippen LogP contribution in [-0.2, 0) is 6.54 Å². The van der Waals surface area contributed by atoms with E-state index in [2.05, 4.69) is 43.3 Å². The number of nitrogens with zero attached hydrogens (tertiary/aromatic N) is 6. The van der Waals surface area contributed by atoms with Gasteiger partial charge in [-0.3, -0.25) is 19.8 Å². The zero-order valence-electron chi connectivity index (χ0n) is 22.4. The Morgan fingerprint density at radius 1 is 0.850 bits per heavy atom. The van der Waals surface area contributed by atoms with Crippen molar-refractivity contribution >= 4 is 34.3 Å². The molecule has 0 saturated carbocycles. The second-order valence-corrected chi connectivity index (χ2v) is 9.96. The maximum absolute atomic E-state index is 12.7. The predicted octanol–water partition coefficient (Wildman–Crippen LogP) is 5.68. The van der Waals surface area contributed by atoms with Crippen molar-refractivity contribution in [1.29, 1.82) is 0 Å². The van der Waals surface area contributed by atoms with Gasteiger partial charge >= 0.3 is 6.03 Å². The number of nitrogens with one attached hydrogen (secondary N) is 1. The van der Waals surface area contributed by atoms with Gasteiger partial charge in [0.2, 0.25) is 0 Å². The quantitative estimate of drug-likeness (QED) is 0.305. The van der Waals surface area contributed by atoms with Crippen LogP contribution in [0, 0.1) is 0 Å². The third kappa shape index (κ3) is 5.77. The van der Waals surface area contributed by atoms with Gasteiger partial charge in [-0.1, -0.05) is 42.5 Å². The number of carbonyl (C=O) groups is 1. The number of hydrogen-bond donors (Lipinski definition) is 1. The molecule has 3 aromatic carbocycles. The first-order valence-corrected chi connectivity index (χ1v) is 13.5. The molecule has 1 N–H and O–H groups in total. The molecule has 0 unspecified atom stereocenters. The average Bonchev–Trinajstić information content (AvgIpc) is 3.02. The highest BCUT2D eigenvalue weighted by molar-refractivity contribution is 6.01. The summed E-state index contributed by atoms with van der Waals surface area (Å²) in [4.78, 5) is 32.9. The fraction of sp³-hybridized carbons (Fsp3) is 0.188. The molecule has 0 bridgehead atoms. The average molecular weight is 530 g/mol. The molecule has 5 aromatic rings. The molecular weight excluding hydrogens is 498 g/mol. The van der Waals surface area contributed by atoms with E-state index >= 15 is 0 Å². The highest BCUT2D eigenvalue weighted by Crippen LogP contribution is 2.26. The molecule has 200 valence electrons. The van der Waals surface area contributed by atoms with Crippen molar-refractivity contribution in [3.05, 3.63) is 109 Å². The van der Waals surface area contributed by atoms with Gasteiger partial charge in [0, 0.05) is 63.5 Å². The van der Waals surface area contributed by atoms with Crippen molar-refractivity contribution in [2.75, 3.05) is 48.3 Å². The topological polar surface area (TPSA) is 77.5 Å². The fourth-order valence-electron chi connectivity index (χ4n) is 4.94. The Hall–Kier alpha value is -4.82. The summed E-state index contributed by atoms with van der Waals surface area (Å²) in [6.07, 6.45) is 5.63. The van der Waals surface area contributed by atoms with Crippen LogP contribution in [0.25, 0.3) is 22.2 Å². The zero-order valence-corrected chi connectivity index (χ0v) is 22.4. The van der Waals surface area contributed by atoms with Gasteiger partial charge in [-0.2, -0.15) is 0 Å². The lowest BCUT2D eigenvalue weighted by Gasteiger charge is -2.35. The first-order chi connectivity index (χ1) is 19.6. The Morgan fingerprint density at radius 2 is 1.62 bits per heavy atom. The zero-order chi connectivity index (χ0) is 27.3. The number of para-hydroxylation sites is 1. The van der Waals surface area contributed by atoms with E-state index in [0.717, 1.165) is 72.1 Å². The first kappa shape index (κ1) is 25.5. The molecule has 1 fully saturated rings. The summed E-state index contributed by atoms with van der Waals surface area (Å²) in [5, 5.41) is 2.96. The van der Waals surface area contributed by atoms with E-state index in [4.69, 9.17) is 4.98 Å². The highest BCUT2D eigenvalue weighted by Gasteiger charge is 2.19. The Kier molecular flexibility index (Phi) is 7.32. The van der Waals surface area contributed by atoms with Crippen LogP contribution in [0.3, 0.4) is 0 Å². The van der Waals surface area contributed by atoms with Gasteiger partial charge in [-0.05, 0) is 59.2 Å². The molecule has 0 aliphatic carbocycles. The van der Waals surface area contributed by atoms with Crippen LogP contribution in [-0.4, -0.2) is 59.1 Å². The Labute approximate surface area is 233 Å². The fourth-order valence-corrected chi connectivity index (χ4v) is 4.94. The van der Waals surface area contributed by atoms with E-state index in [1.54, 1.807) is 11.9 Å². The van der Waals surface area contributed by atoms with Gasteiger partial charge in [0.25, 0.3) is 0 Å². The molecule has 1 saturated heterocycles. The van der Waals surface area contributed by atoms with Crippen molar-refractivity contribution in [3.8, 4) is 11.1 Å². The normalized spacial score (nSPS) is 13.8. The van der Waals surface area contributed by atoms with Crippen molar-refractivity contribution < 1.29 is 4.79 Å². The van der Waals surface area contributed by atoms with Gasteiger partial charge < -0.3 is 10.2 Å². The van der Waals surface area contributed by atoms with E-state index < -0.39 is 0 Å². The van der Waals surface area contributed by atoms with Gasteiger partial charge in [-0.25, -0.2) is 9.78 Å². The molecule has 0 spiro atoms. The van der Waals surface area contributed by atoms with E-state index in [9.17, 15) is 4.79 Å². The summed E-state index contributed by atoms with van der Waals surface area (Å²) in [6.45, 7) is 4.68. The SMILES string of the molecule is CN(C(=O)Nc1ccc(-c2ccc3ncc(N4CCN(Cc5cccnc5)CC4)nc3c2)cc1)c1ccccc1. The minimum absolute atomic E-state index is 0.189. The Morgan fingerprint density at radius 3 is 2.38 bits per heavy atom. The van der Waals surface area contributed by atoms with Gasteiger partial charge in [0.15, 0.2) is 0 Å². The number of urea groups is 1. The molecule has 6 rings (SSSR count). The lowest BCUT2D eigenvalue weighted by atomic mass is 10.0. The Balaban J connectivity index is 1.11. The number of aromatic nitrogens is 3. The standard InChI is InChI=1S/C32H31N7O/c1-37(28-7-3-2-4-8-28)32(40)35-27-12-9-25(10-13-27)26-11-14-29-30(20-26)36-31(22-34-29)39-18-16-38(17-19-39)23-24-6-5-15-33-21-24/h2-15,20-22H,16-19,23H2,1H3,(H,35,40). The smallest absolute Gasteiger partial charge is 0.326 e. The molecule has 8 heteroatoms. The van der Waals surface area contributed by atoms with Crippen LogP contribution in [0.1, 0.15) is 5.56 Å². The second-order valence-electron chi connectivity index (χ2n) is 9.96. The van der Waals surface area contributed by atoms with E-state index in [-0.39, 0.29) is 6.03 Å². The summed E-state index contributed by atoms with van der Waals surface area (Å²) in [7, 11) is 1.76. The molecule has 2 aromatic heterocycles. The number of rotatable bonds is 6. The maximum Gasteiger partial charge on any atom is 0.326 e. The molecule has 0 atom stereocenters. The molecule has 40 heavy (non-hydrogen) atoms. The summed E-state index contributed by atoms with van der Waals surface area (Å²) in [6, 6.07) is 27.5. The molecule has 1 aliphatic rings. The molecule has 8 nitrogen and oxygen atoms in total. The Bertz CT molecular complexity index is 1590. The summed E-state index contributed by atoms with van der Waals surface area (Å²) in [5.41, 5.74) is 6.66.